The molecule has 3 rings (SSSR count). The Morgan fingerprint density at radius 2 is 1.95 bits per heavy atom. The quantitative estimate of drug-likeness (QED) is 0.911. The molecule has 1 heterocycles. The molecule has 0 aromatic heterocycles. The summed E-state index contributed by atoms with van der Waals surface area (Å²) in [6.45, 7) is 2.14. The number of ether oxygens (including phenoxy) is 2. The highest BCUT2D eigenvalue weighted by Gasteiger charge is 2.17. The lowest BCUT2D eigenvalue weighted by Crippen LogP contribution is -2.07. The van der Waals surface area contributed by atoms with E-state index < -0.39 is 0 Å². The Kier molecular flexibility index (Phi) is 3.40. The Labute approximate surface area is 121 Å². The van der Waals surface area contributed by atoms with Crippen molar-refractivity contribution >= 4 is 17.3 Å². The Morgan fingerprint density at radius 3 is 2.70 bits per heavy atom. The molecule has 0 spiro atoms. The van der Waals surface area contributed by atoms with Crippen molar-refractivity contribution in [2.75, 3.05) is 12.1 Å². The van der Waals surface area contributed by atoms with E-state index in [9.17, 15) is 4.39 Å². The second-order valence-electron chi connectivity index (χ2n) is 4.61. The third kappa shape index (κ3) is 2.51. The zero-order chi connectivity index (χ0) is 14.1. The van der Waals surface area contributed by atoms with E-state index in [-0.39, 0.29) is 18.7 Å². The van der Waals surface area contributed by atoms with Crippen LogP contribution in [0.2, 0.25) is 5.02 Å². The fourth-order valence-electron chi connectivity index (χ4n) is 2.12. The Hall–Kier alpha value is -1.94. The molecule has 0 radical (unpaired) electrons. The minimum Gasteiger partial charge on any atom is -0.454 e. The zero-order valence-corrected chi connectivity index (χ0v) is 11.6. The molecule has 1 unspecified atom stereocenters. The molecule has 0 saturated carbocycles. The van der Waals surface area contributed by atoms with Crippen LogP contribution in [0.4, 0.5) is 10.1 Å². The van der Waals surface area contributed by atoms with Crippen LogP contribution in [0.1, 0.15) is 18.5 Å². The monoisotopic (exact) mass is 293 g/mol. The Bertz CT molecular complexity index is 648. The molecule has 0 fully saturated rings. The fraction of sp³-hybridized carbons (Fsp3) is 0.200. The van der Waals surface area contributed by atoms with E-state index >= 15 is 0 Å². The molecule has 20 heavy (non-hydrogen) atoms. The zero-order valence-electron chi connectivity index (χ0n) is 10.8. The van der Waals surface area contributed by atoms with Gasteiger partial charge in [0.05, 0.1) is 10.7 Å². The van der Waals surface area contributed by atoms with Gasteiger partial charge in [-0.25, -0.2) is 4.39 Å². The number of nitrogens with one attached hydrogen (secondary N) is 1. The van der Waals surface area contributed by atoms with Crippen LogP contribution in [0.5, 0.6) is 11.5 Å². The van der Waals surface area contributed by atoms with E-state index in [1.165, 1.54) is 12.1 Å². The van der Waals surface area contributed by atoms with Crippen LogP contribution in [-0.4, -0.2) is 6.79 Å². The third-order valence-electron chi connectivity index (χ3n) is 3.18. The van der Waals surface area contributed by atoms with E-state index in [1.807, 2.05) is 13.0 Å². The second kappa shape index (κ2) is 5.21. The van der Waals surface area contributed by atoms with Crippen LogP contribution in [0.15, 0.2) is 36.4 Å². The first-order valence-corrected chi connectivity index (χ1v) is 6.62. The smallest absolute Gasteiger partial charge is 0.231 e. The van der Waals surface area contributed by atoms with Gasteiger partial charge >= 0.3 is 0 Å². The van der Waals surface area contributed by atoms with E-state index in [2.05, 4.69) is 5.32 Å². The summed E-state index contributed by atoms with van der Waals surface area (Å²) >= 11 is 6.20. The van der Waals surface area contributed by atoms with Crippen molar-refractivity contribution in [2.45, 2.75) is 13.0 Å². The summed E-state index contributed by atoms with van der Waals surface area (Å²) in [6, 6.07) is 9.89. The molecule has 1 atom stereocenters. The predicted molar refractivity (Wildman–Crippen MR) is 76.0 cm³/mol. The average molecular weight is 294 g/mol. The van der Waals surface area contributed by atoms with Gasteiger partial charge in [0.1, 0.15) is 5.82 Å². The SMILES string of the molecule is CC(Nc1cc2c(cc1Cl)OCO2)c1cccc(F)c1. The number of hydrogen-bond donors (Lipinski definition) is 1. The van der Waals surface area contributed by atoms with Crippen molar-refractivity contribution in [3.63, 3.8) is 0 Å². The van der Waals surface area contributed by atoms with E-state index in [0.717, 1.165) is 11.3 Å². The topological polar surface area (TPSA) is 30.5 Å². The van der Waals surface area contributed by atoms with Gasteiger partial charge in [-0.2, -0.15) is 0 Å². The summed E-state index contributed by atoms with van der Waals surface area (Å²) in [5, 5.41) is 3.79. The number of benzene rings is 2. The maximum atomic E-state index is 13.2. The molecule has 0 amide bonds. The minimum absolute atomic E-state index is 0.0800. The van der Waals surface area contributed by atoms with Crippen molar-refractivity contribution in [3.05, 3.63) is 52.8 Å². The van der Waals surface area contributed by atoms with Gasteiger partial charge in [0.15, 0.2) is 11.5 Å². The summed E-state index contributed by atoms with van der Waals surface area (Å²) in [6.07, 6.45) is 0. The van der Waals surface area contributed by atoms with Crippen LogP contribution in [0.25, 0.3) is 0 Å². The van der Waals surface area contributed by atoms with Crippen LogP contribution < -0.4 is 14.8 Å². The summed E-state index contributed by atoms with van der Waals surface area (Å²) < 4.78 is 23.8. The minimum atomic E-state index is -0.257. The van der Waals surface area contributed by atoms with Gasteiger partial charge in [0.2, 0.25) is 6.79 Å². The number of fused-ring (bicyclic) bond motifs is 1. The highest BCUT2D eigenvalue weighted by molar-refractivity contribution is 6.33. The summed E-state index contributed by atoms with van der Waals surface area (Å²) in [7, 11) is 0. The molecule has 0 saturated heterocycles. The van der Waals surface area contributed by atoms with Crippen LogP contribution >= 0.6 is 11.6 Å². The largest absolute Gasteiger partial charge is 0.454 e. The third-order valence-corrected chi connectivity index (χ3v) is 3.50. The first kappa shape index (κ1) is 13.1. The van der Waals surface area contributed by atoms with Gasteiger partial charge in [-0.05, 0) is 24.6 Å². The normalized spacial score (nSPS) is 14.2. The Morgan fingerprint density at radius 1 is 1.20 bits per heavy atom. The number of hydrogen-bond acceptors (Lipinski definition) is 3. The molecule has 104 valence electrons. The van der Waals surface area contributed by atoms with Crippen LogP contribution in [0.3, 0.4) is 0 Å². The van der Waals surface area contributed by atoms with Gasteiger partial charge in [-0.3, -0.25) is 0 Å². The number of anilines is 1. The maximum Gasteiger partial charge on any atom is 0.231 e. The molecular weight excluding hydrogens is 281 g/mol. The van der Waals surface area contributed by atoms with Crippen molar-refractivity contribution < 1.29 is 13.9 Å². The lowest BCUT2D eigenvalue weighted by molar-refractivity contribution is 0.174. The first-order valence-electron chi connectivity index (χ1n) is 6.24. The van der Waals surface area contributed by atoms with Gasteiger partial charge in [-0.1, -0.05) is 23.7 Å². The summed E-state index contributed by atoms with van der Waals surface area (Å²) in [4.78, 5) is 0. The van der Waals surface area contributed by atoms with Gasteiger partial charge < -0.3 is 14.8 Å². The van der Waals surface area contributed by atoms with E-state index in [1.54, 1.807) is 18.2 Å². The van der Waals surface area contributed by atoms with Crippen molar-refractivity contribution in [2.24, 2.45) is 0 Å². The van der Waals surface area contributed by atoms with Gasteiger partial charge in [-0.15, -0.1) is 0 Å². The first-order chi connectivity index (χ1) is 9.63. The number of rotatable bonds is 3. The predicted octanol–water partition coefficient (Wildman–Crippen LogP) is 4.38. The van der Waals surface area contributed by atoms with Crippen molar-refractivity contribution in [1.82, 2.24) is 0 Å². The van der Waals surface area contributed by atoms with Crippen LogP contribution in [-0.2, 0) is 0 Å². The fourth-order valence-corrected chi connectivity index (χ4v) is 2.33. The van der Waals surface area contributed by atoms with Gasteiger partial charge in [0, 0.05) is 18.2 Å². The van der Waals surface area contributed by atoms with Crippen molar-refractivity contribution in [1.29, 1.82) is 0 Å². The summed E-state index contributed by atoms with van der Waals surface area (Å²) in [5.41, 5.74) is 1.58. The molecule has 1 N–H and O–H groups in total. The van der Waals surface area contributed by atoms with Gasteiger partial charge in [0.25, 0.3) is 0 Å². The lowest BCUT2D eigenvalue weighted by Gasteiger charge is -2.17. The Balaban J connectivity index is 1.84. The van der Waals surface area contributed by atoms with E-state index in [0.29, 0.717) is 16.5 Å². The second-order valence-corrected chi connectivity index (χ2v) is 5.01. The molecule has 2 aromatic carbocycles. The molecule has 2 aromatic rings. The average Bonchev–Trinajstić information content (AvgIpc) is 2.86. The molecule has 3 nitrogen and oxygen atoms in total. The highest BCUT2D eigenvalue weighted by atomic mass is 35.5. The molecule has 0 aliphatic carbocycles. The molecular formula is C15H13ClFNO2. The number of halogens is 2. The molecule has 1 aliphatic rings. The molecule has 5 heteroatoms. The maximum absolute atomic E-state index is 13.2. The standard InChI is InChI=1S/C15H13ClFNO2/c1-9(10-3-2-4-11(17)5-10)18-13-7-15-14(6-12(13)16)19-8-20-15/h2-7,9,18H,8H2,1H3. The molecule has 0 bridgehead atoms. The molecule has 1 aliphatic heterocycles. The lowest BCUT2D eigenvalue weighted by atomic mass is 10.1. The summed E-state index contributed by atoms with van der Waals surface area (Å²) in [5.74, 6) is 1.04. The van der Waals surface area contributed by atoms with Crippen molar-refractivity contribution in [3.8, 4) is 11.5 Å². The highest BCUT2D eigenvalue weighted by Crippen LogP contribution is 2.40. The van der Waals surface area contributed by atoms with E-state index in [4.69, 9.17) is 21.1 Å². The van der Waals surface area contributed by atoms with Crippen LogP contribution in [0, 0.1) is 5.82 Å².